The highest BCUT2D eigenvalue weighted by molar-refractivity contribution is 5.96. The molecule has 1 atom stereocenters. The molecule has 0 aliphatic heterocycles. The molecule has 0 bridgehead atoms. The number of pyridine rings is 1. The maximum absolute atomic E-state index is 12.4. The van der Waals surface area contributed by atoms with Crippen LogP contribution in [0.2, 0.25) is 0 Å². The molecule has 0 unspecified atom stereocenters. The van der Waals surface area contributed by atoms with E-state index in [1.807, 2.05) is 43.5 Å². The Morgan fingerprint density at radius 3 is 2.64 bits per heavy atom. The van der Waals surface area contributed by atoms with E-state index in [2.05, 4.69) is 28.5 Å². The number of hydrogen-bond donors (Lipinski definition) is 2. The van der Waals surface area contributed by atoms with Crippen LogP contribution in [0.15, 0.2) is 74.4 Å². The van der Waals surface area contributed by atoms with Gasteiger partial charge in [0.05, 0.1) is 12.3 Å². The third-order valence-corrected chi connectivity index (χ3v) is 7.17. The van der Waals surface area contributed by atoms with E-state index in [0.29, 0.717) is 23.5 Å². The van der Waals surface area contributed by atoms with Crippen LogP contribution >= 0.6 is 0 Å². The summed E-state index contributed by atoms with van der Waals surface area (Å²) in [4.78, 5) is 17.0. The minimum atomic E-state index is -0.390. The first kappa shape index (κ1) is 22.7. The van der Waals surface area contributed by atoms with Crippen molar-refractivity contribution in [3.05, 3.63) is 99.2 Å². The standard InChI is InChI=1S/C30H28N2O4/c1-18-30-24(22(15-31-18)16-32-23(17-33)10-19-6-3-2-4-7-19)13-28(36-30)26-14-29(34)35-27-12-21-9-5-8-20(21)11-25(26)27/h2-4,6-7,11-15,23,32-33H,5,8-10,16-17H2,1H3/t23-/m0/s1. The fourth-order valence-corrected chi connectivity index (χ4v) is 5.26. The third-order valence-electron chi connectivity index (χ3n) is 7.17. The van der Waals surface area contributed by atoms with E-state index in [4.69, 9.17) is 8.83 Å². The Labute approximate surface area is 208 Å². The van der Waals surface area contributed by atoms with Gasteiger partial charge >= 0.3 is 5.63 Å². The van der Waals surface area contributed by atoms with Crippen molar-refractivity contribution in [3.63, 3.8) is 0 Å². The summed E-state index contributed by atoms with van der Waals surface area (Å²) in [5.41, 5.74) is 7.16. The van der Waals surface area contributed by atoms with Gasteiger partial charge in [-0.2, -0.15) is 0 Å². The van der Waals surface area contributed by atoms with Crippen molar-refractivity contribution in [3.8, 4) is 11.3 Å². The van der Waals surface area contributed by atoms with Crippen LogP contribution in [0, 0.1) is 6.92 Å². The number of benzene rings is 2. The summed E-state index contributed by atoms with van der Waals surface area (Å²) < 4.78 is 11.9. The van der Waals surface area contributed by atoms with E-state index in [0.717, 1.165) is 53.3 Å². The average molecular weight is 481 g/mol. The number of furan rings is 1. The molecule has 3 aromatic heterocycles. The Morgan fingerprint density at radius 1 is 1.03 bits per heavy atom. The largest absolute Gasteiger partial charge is 0.454 e. The van der Waals surface area contributed by atoms with E-state index >= 15 is 0 Å². The molecule has 6 nitrogen and oxygen atoms in total. The van der Waals surface area contributed by atoms with E-state index in [-0.39, 0.29) is 18.3 Å². The quantitative estimate of drug-likeness (QED) is 0.316. The number of rotatable bonds is 7. The predicted molar refractivity (Wildman–Crippen MR) is 140 cm³/mol. The summed E-state index contributed by atoms with van der Waals surface area (Å²) in [6.07, 6.45) is 5.76. The fourth-order valence-electron chi connectivity index (χ4n) is 5.26. The van der Waals surface area contributed by atoms with Gasteiger partial charge in [-0.3, -0.25) is 4.98 Å². The molecular weight excluding hydrogens is 452 g/mol. The molecule has 0 saturated heterocycles. The van der Waals surface area contributed by atoms with Gasteiger partial charge in [0.15, 0.2) is 5.58 Å². The maximum atomic E-state index is 12.4. The van der Waals surface area contributed by atoms with Crippen LogP contribution in [0.25, 0.3) is 33.3 Å². The normalized spacial score (nSPS) is 13.9. The van der Waals surface area contributed by atoms with Crippen LogP contribution in [-0.4, -0.2) is 22.7 Å². The van der Waals surface area contributed by atoms with Crippen LogP contribution in [0.1, 0.15) is 34.4 Å². The number of aromatic nitrogens is 1. The molecule has 1 aliphatic rings. The number of aliphatic hydroxyl groups is 1. The Kier molecular flexibility index (Phi) is 5.91. The molecule has 0 amide bonds. The molecule has 5 aromatic rings. The summed E-state index contributed by atoms with van der Waals surface area (Å²) in [5.74, 6) is 0.626. The Hall–Kier alpha value is -3.74. The van der Waals surface area contributed by atoms with Gasteiger partial charge < -0.3 is 19.3 Å². The van der Waals surface area contributed by atoms with Gasteiger partial charge in [-0.1, -0.05) is 30.3 Å². The monoisotopic (exact) mass is 480 g/mol. The van der Waals surface area contributed by atoms with Gasteiger partial charge in [0.2, 0.25) is 0 Å². The molecule has 36 heavy (non-hydrogen) atoms. The minimum Gasteiger partial charge on any atom is -0.454 e. The van der Waals surface area contributed by atoms with Crippen molar-refractivity contribution in [2.45, 2.75) is 45.2 Å². The summed E-state index contributed by atoms with van der Waals surface area (Å²) in [5, 5.41) is 15.2. The van der Waals surface area contributed by atoms with Crippen molar-refractivity contribution >= 4 is 21.9 Å². The van der Waals surface area contributed by atoms with Crippen molar-refractivity contribution in [1.29, 1.82) is 0 Å². The first-order chi connectivity index (χ1) is 17.6. The van der Waals surface area contributed by atoms with Crippen LogP contribution in [0.5, 0.6) is 0 Å². The number of aliphatic hydroxyl groups excluding tert-OH is 1. The lowest BCUT2D eigenvalue weighted by Gasteiger charge is -2.16. The first-order valence-electron chi connectivity index (χ1n) is 12.5. The molecule has 2 aromatic carbocycles. The minimum absolute atomic E-state index is 0.0318. The van der Waals surface area contributed by atoms with Gasteiger partial charge in [0, 0.05) is 41.2 Å². The van der Waals surface area contributed by atoms with Crippen molar-refractivity contribution < 1.29 is 13.9 Å². The molecule has 182 valence electrons. The van der Waals surface area contributed by atoms with Gasteiger partial charge in [0.1, 0.15) is 11.3 Å². The van der Waals surface area contributed by atoms with Gasteiger partial charge in [-0.05, 0) is 73.1 Å². The van der Waals surface area contributed by atoms with E-state index in [1.54, 1.807) is 0 Å². The molecule has 2 N–H and O–H groups in total. The smallest absolute Gasteiger partial charge is 0.336 e. The highest BCUT2D eigenvalue weighted by Gasteiger charge is 2.20. The van der Waals surface area contributed by atoms with Crippen LogP contribution < -0.4 is 10.9 Å². The lowest BCUT2D eigenvalue weighted by Crippen LogP contribution is -2.34. The molecule has 0 saturated carbocycles. The van der Waals surface area contributed by atoms with Gasteiger partial charge in [-0.15, -0.1) is 0 Å². The molecule has 3 heterocycles. The van der Waals surface area contributed by atoms with E-state index < -0.39 is 0 Å². The van der Waals surface area contributed by atoms with E-state index in [9.17, 15) is 9.90 Å². The molecular formula is C30H28N2O4. The zero-order valence-corrected chi connectivity index (χ0v) is 20.2. The summed E-state index contributed by atoms with van der Waals surface area (Å²) in [6.45, 7) is 2.49. The lowest BCUT2D eigenvalue weighted by atomic mass is 10.0. The molecule has 0 spiro atoms. The van der Waals surface area contributed by atoms with Crippen LogP contribution in [0.4, 0.5) is 0 Å². The zero-order valence-electron chi connectivity index (χ0n) is 20.2. The lowest BCUT2D eigenvalue weighted by molar-refractivity contribution is 0.241. The topological polar surface area (TPSA) is 88.5 Å². The summed E-state index contributed by atoms with van der Waals surface area (Å²) >= 11 is 0. The zero-order chi connectivity index (χ0) is 24.6. The Morgan fingerprint density at radius 2 is 1.83 bits per heavy atom. The highest BCUT2D eigenvalue weighted by atomic mass is 16.4. The number of nitrogens with zero attached hydrogens (tertiary/aromatic N) is 1. The van der Waals surface area contributed by atoms with Crippen LogP contribution in [0.3, 0.4) is 0 Å². The molecule has 6 heteroatoms. The van der Waals surface area contributed by atoms with Crippen LogP contribution in [-0.2, 0) is 25.8 Å². The maximum Gasteiger partial charge on any atom is 0.336 e. The first-order valence-corrected chi connectivity index (χ1v) is 12.5. The molecule has 0 fully saturated rings. The van der Waals surface area contributed by atoms with Crippen molar-refractivity contribution in [2.24, 2.45) is 0 Å². The molecule has 1 aliphatic carbocycles. The molecule has 0 radical (unpaired) electrons. The number of aryl methyl sites for hydroxylation is 3. The number of nitrogens with one attached hydrogen (secondary N) is 1. The number of fused-ring (bicyclic) bond motifs is 3. The van der Waals surface area contributed by atoms with Crippen molar-refractivity contribution in [2.75, 3.05) is 6.61 Å². The van der Waals surface area contributed by atoms with Gasteiger partial charge in [0.25, 0.3) is 0 Å². The summed E-state index contributed by atoms with van der Waals surface area (Å²) in [7, 11) is 0. The fraction of sp³-hybridized carbons (Fsp3) is 0.267. The molecule has 6 rings (SSSR count). The second-order valence-corrected chi connectivity index (χ2v) is 9.62. The third kappa shape index (κ3) is 4.23. The predicted octanol–water partition coefficient (Wildman–Crippen LogP) is 5.09. The van der Waals surface area contributed by atoms with Crippen molar-refractivity contribution in [1.82, 2.24) is 10.3 Å². The Balaban J connectivity index is 1.36. The Bertz CT molecular complexity index is 1620. The SMILES string of the molecule is Cc1ncc(CN[C@H](CO)Cc2ccccc2)c2cc(-c3cc(=O)oc4cc5c(cc34)CCC5)oc12. The van der Waals surface area contributed by atoms with E-state index in [1.165, 1.54) is 22.8 Å². The second kappa shape index (κ2) is 9.37. The number of hydrogen-bond acceptors (Lipinski definition) is 6. The second-order valence-electron chi connectivity index (χ2n) is 9.62. The average Bonchev–Trinajstić information content (AvgIpc) is 3.54. The summed E-state index contributed by atoms with van der Waals surface area (Å²) in [6, 6.07) is 17.7. The highest BCUT2D eigenvalue weighted by Crippen LogP contribution is 2.36. The van der Waals surface area contributed by atoms with Gasteiger partial charge in [-0.25, -0.2) is 4.79 Å².